The Morgan fingerprint density at radius 2 is 1.15 bits per heavy atom. The third-order valence-corrected chi connectivity index (χ3v) is 15.0. The number of fused-ring (bicyclic) bond motifs is 3. The summed E-state index contributed by atoms with van der Waals surface area (Å²) in [5.41, 5.74) is 18.2. The lowest BCUT2D eigenvalue weighted by Gasteiger charge is -2.30. The first-order valence-corrected chi connectivity index (χ1v) is 25.2. The molecule has 1 unspecified atom stereocenters. The number of nitrogens with zero attached hydrogens (tertiary/aromatic N) is 2. The highest BCUT2D eigenvalue weighted by Crippen LogP contribution is 2.49. The van der Waals surface area contributed by atoms with Crippen molar-refractivity contribution in [2.24, 2.45) is 15.9 Å². The van der Waals surface area contributed by atoms with Gasteiger partial charge in [0.1, 0.15) is 11.2 Å². The molecule has 336 valence electrons. The van der Waals surface area contributed by atoms with Crippen molar-refractivity contribution in [3.8, 4) is 33.4 Å². The summed E-state index contributed by atoms with van der Waals surface area (Å²) < 4.78 is 6.42. The SMILES string of the molecule is CC.Cc1cc(-c2cccc(C)c2-c2ccc(-c3cccc4c5cccc6oc7cccc(c34)c7c65)cc2C2CCC2)ccc1C(C)N=C(N=C(CC1CCC1)c1ccccc1)c1ccccc1. The predicted molar refractivity (Wildman–Crippen MR) is 290 cm³/mol. The maximum Gasteiger partial charge on any atom is 0.155 e. The van der Waals surface area contributed by atoms with E-state index < -0.39 is 0 Å². The largest absolute Gasteiger partial charge is 0.456 e. The van der Waals surface area contributed by atoms with Crippen LogP contribution in [0.15, 0.2) is 184 Å². The van der Waals surface area contributed by atoms with Crippen LogP contribution in [-0.2, 0) is 0 Å². The third kappa shape index (κ3) is 7.82. The van der Waals surface area contributed by atoms with Gasteiger partial charge in [-0.3, -0.25) is 4.99 Å². The van der Waals surface area contributed by atoms with Crippen LogP contribution in [0.5, 0.6) is 0 Å². The second-order valence-corrected chi connectivity index (χ2v) is 19.1. The van der Waals surface area contributed by atoms with Crippen LogP contribution in [0.25, 0.3) is 76.9 Å². The Morgan fingerprint density at radius 1 is 0.544 bits per heavy atom. The van der Waals surface area contributed by atoms with Gasteiger partial charge in [0.25, 0.3) is 0 Å². The van der Waals surface area contributed by atoms with Crippen LogP contribution in [0, 0.1) is 19.8 Å². The van der Waals surface area contributed by atoms with E-state index in [1.165, 1.54) is 132 Å². The van der Waals surface area contributed by atoms with E-state index in [0.717, 1.165) is 34.7 Å². The highest BCUT2D eigenvalue weighted by Gasteiger charge is 2.27. The third-order valence-electron chi connectivity index (χ3n) is 15.0. The van der Waals surface area contributed by atoms with E-state index in [9.17, 15) is 0 Å². The van der Waals surface area contributed by atoms with Crippen molar-refractivity contribution in [2.75, 3.05) is 0 Å². The molecule has 0 amide bonds. The zero-order valence-electron chi connectivity index (χ0n) is 40.2. The summed E-state index contributed by atoms with van der Waals surface area (Å²) in [7, 11) is 0. The molecule has 3 nitrogen and oxygen atoms in total. The molecule has 3 heteroatoms. The average Bonchev–Trinajstić information content (AvgIpc) is 3.74. The van der Waals surface area contributed by atoms with Gasteiger partial charge < -0.3 is 4.42 Å². The van der Waals surface area contributed by atoms with Crippen molar-refractivity contribution in [1.29, 1.82) is 0 Å². The zero-order valence-corrected chi connectivity index (χ0v) is 40.2. The van der Waals surface area contributed by atoms with E-state index in [1.807, 2.05) is 13.8 Å². The summed E-state index contributed by atoms with van der Waals surface area (Å²) in [6.45, 7) is 10.8. The molecule has 0 spiro atoms. The Hall–Kier alpha value is -7.10. The van der Waals surface area contributed by atoms with Crippen LogP contribution < -0.4 is 0 Å². The quantitative estimate of drug-likeness (QED) is 0.0766. The minimum atomic E-state index is -0.0859. The summed E-state index contributed by atoms with van der Waals surface area (Å²) in [5.74, 6) is 2.02. The molecule has 2 fully saturated rings. The first-order chi connectivity index (χ1) is 33.5. The normalized spacial score (nSPS) is 15.1. The van der Waals surface area contributed by atoms with Gasteiger partial charge in [-0.25, -0.2) is 4.99 Å². The molecule has 2 saturated carbocycles. The van der Waals surface area contributed by atoms with Crippen molar-refractivity contribution in [3.63, 3.8) is 0 Å². The molecule has 2 aliphatic rings. The molecule has 1 atom stereocenters. The van der Waals surface area contributed by atoms with Crippen LogP contribution in [-0.4, -0.2) is 11.5 Å². The Kier molecular flexibility index (Phi) is 11.8. The van der Waals surface area contributed by atoms with E-state index in [-0.39, 0.29) is 6.04 Å². The number of aliphatic imine (C=N–C) groups is 2. The van der Waals surface area contributed by atoms with E-state index >= 15 is 0 Å². The molecule has 0 radical (unpaired) electrons. The lowest BCUT2D eigenvalue weighted by molar-refractivity contribution is 0.327. The maximum absolute atomic E-state index is 6.42. The molecule has 0 N–H and O–H groups in total. The van der Waals surface area contributed by atoms with Crippen LogP contribution in [0.2, 0.25) is 0 Å². The van der Waals surface area contributed by atoms with Gasteiger partial charge in [-0.1, -0.05) is 197 Å². The van der Waals surface area contributed by atoms with E-state index in [4.69, 9.17) is 14.4 Å². The Bertz CT molecular complexity index is 3490. The number of rotatable bonds is 10. The zero-order chi connectivity index (χ0) is 46.3. The number of hydrogen-bond donors (Lipinski definition) is 0. The number of benzene rings is 9. The van der Waals surface area contributed by atoms with Crippen LogP contribution in [0.3, 0.4) is 0 Å². The first-order valence-electron chi connectivity index (χ1n) is 25.2. The topological polar surface area (TPSA) is 37.9 Å². The molecule has 1 aromatic heterocycles. The van der Waals surface area contributed by atoms with Gasteiger partial charge in [0.15, 0.2) is 5.84 Å². The second-order valence-electron chi connectivity index (χ2n) is 19.1. The van der Waals surface area contributed by atoms with Gasteiger partial charge >= 0.3 is 0 Å². The number of aryl methyl sites for hydroxylation is 2. The fourth-order valence-corrected chi connectivity index (χ4v) is 11.2. The Morgan fingerprint density at radius 3 is 1.82 bits per heavy atom. The summed E-state index contributed by atoms with van der Waals surface area (Å²) >= 11 is 0. The van der Waals surface area contributed by atoms with Crippen LogP contribution >= 0.6 is 0 Å². The Balaban J connectivity index is 0.00000250. The molecule has 0 aliphatic heterocycles. The van der Waals surface area contributed by atoms with Gasteiger partial charge in [-0.2, -0.15) is 0 Å². The van der Waals surface area contributed by atoms with Gasteiger partial charge in [-0.15, -0.1) is 0 Å². The summed E-state index contributed by atoms with van der Waals surface area (Å²) in [4.78, 5) is 10.9. The lowest BCUT2D eigenvalue weighted by Crippen LogP contribution is -2.18. The summed E-state index contributed by atoms with van der Waals surface area (Å²) in [6, 6.07) is 62.2. The molecular weight excluding hydrogens is 825 g/mol. The second kappa shape index (κ2) is 18.5. The molecule has 12 rings (SSSR count). The fourth-order valence-electron chi connectivity index (χ4n) is 11.2. The molecule has 10 aromatic rings. The smallest absolute Gasteiger partial charge is 0.155 e. The van der Waals surface area contributed by atoms with E-state index in [2.05, 4.69) is 191 Å². The number of hydrogen-bond acceptors (Lipinski definition) is 2. The maximum atomic E-state index is 6.42. The number of furan rings is 1. The fraction of sp³-hybridized carbons (Fsp3) is 0.231. The van der Waals surface area contributed by atoms with E-state index in [0.29, 0.717) is 11.8 Å². The predicted octanol–water partition coefficient (Wildman–Crippen LogP) is 18.4. The number of amidine groups is 1. The molecule has 9 aromatic carbocycles. The van der Waals surface area contributed by atoms with Crippen molar-refractivity contribution < 1.29 is 4.42 Å². The minimum absolute atomic E-state index is 0.0859. The van der Waals surface area contributed by atoms with Gasteiger partial charge in [0.2, 0.25) is 0 Å². The standard InChI is InChI=1S/C63H54N2O.C2H6/c1-39-16-10-25-49(46-32-34-48(40(2)36-46)41(3)64-63(45-21-8-5-9-22-45)65-56(37-42-17-11-18-42)44-19-6-4-7-20-44)59(39)53-35-33-47(38-55(53)43-23-12-24-43)50-26-13-27-51-52-28-14-30-57-61(52)62-54(60(50)51)29-15-31-58(62)66-57;1-2/h4-10,13-16,19-22,25-36,38,41-43H,11-12,17-18,23-24,37H2,1-3H3;1-2H3. The van der Waals surface area contributed by atoms with Gasteiger partial charge in [0.05, 0.1) is 11.8 Å². The average molecular weight is 885 g/mol. The molecule has 0 saturated heterocycles. The van der Waals surface area contributed by atoms with Crippen molar-refractivity contribution in [1.82, 2.24) is 0 Å². The highest BCUT2D eigenvalue weighted by atomic mass is 16.3. The van der Waals surface area contributed by atoms with Crippen molar-refractivity contribution in [2.45, 2.75) is 91.5 Å². The molecule has 68 heavy (non-hydrogen) atoms. The van der Waals surface area contributed by atoms with Crippen molar-refractivity contribution in [3.05, 3.63) is 203 Å². The summed E-state index contributed by atoms with van der Waals surface area (Å²) in [5, 5.41) is 7.55. The van der Waals surface area contributed by atoms with E-state index in [1.54, 1.807) is 0 Å². The van der Waals surface area contributed by atoms with Crippen LogP contribution in [0.4, 0.5) is 0 Å². The molecule has 2 aliphatic carbocycles. The monoisotopic (exact) mass is 884 g/mol. The first kappa shape index (κ1) is 43.5. The van der Waals surface area contributed by atoms with Gasteiger partial charge in [-0.05, 0) is 147 Å². The van der Waals surface area contributed by atoms with Gasteiger partial charge in [0, 0.05) is 16.3 Å². The summed E-state index contributed by atoms with van der Waals surface area (Å²) in [6.07, 6.45) is 8.57. The Labute approximate surface area is 401 Å². The lowest BCUT2D eigenvalue weighted by atomic mass is 9.75. The molecule has 1 heterocycles. The molecule has 0 bridgehead atoms. The highest BCUT2D eigenvalue weighted by molar-refractivity contribution is 6.34. The van der Waals surface area contributed by atoms with Crippen LogP contribution in [0.1, 0.15) is 111 Å². The minimum Gasteiger partial charge on any atom is -0.456 e. The van der Waals surface area contributed by atoms with Crippen molar-refractivity contribution >= 4 is 55.0 Å². The molecular formula is C65H60N2O.